The van der Waals surface area contributed by atoms with Crippen molar-refractivity contribution in [1.29, 1.82) is 0 Å². The van der Waals surface area contributed by atoms with Gasteiger partial charge in [0.25, 0.3) is 0 Å². The molecule has 0 spiro atoms. The van der Waals surface area contributed by atoms with Crippen LogP contribution in [-0.4, -0.2) is 18.5 Å². The molecule has 2 saturated carbocycles. The molecule has 2 fully saturated rings. The lowest BCUT2D eigenvalue weighted by atomic mass is 9.84. The van der Waals surface area contributed by atoms with Gasteiger partial charge in [-0.15, -0.1) is 0 Å². The molecule has 0 heterocycles. The van der Waals surface area contributed by atoms with E-state index in [-0.39, 0.29) is 17.9 Å². The Morgan fingerprint density at radius 3 is 2.56 bits per heavy atom. The van der Waals surface area contributed by atoms with Gasteiger partial charge in [0, 0.05) is 12.6 Å². The highest BCUT2D eigenvalue weighted by Gasteiger charge is 2.45. The molecule has 3 N–H and O–H groups in total. The maximum Gasteiger partial charge on any atom is 0.224 e. The van der Waals surface area contributed by atoms with Crippen molar-refractivity contribution >= 4 is 5.91 Å². The Bertz CT molecular complexity index is 275. The van der Waals surface area contributed by atoms with Crippen LogP contribution in [0.3, 0.4) is 0 Å². The molecule has 0 aromatic heterocycles. The molecule has 0 aromatic carbocycles. The van der Waals surface area contributed by atoms with Gasteiger partial charge in [-0.3, -0.25) is 4.79 Å². The monoisotopic (exact) mass is 224 g/mol. The Morgan fingerprint density at radius 1 is 1.38 bits per heavy atom. The Balaban J connectivity index is 1.75. The van der Waals surface area contributed by atoms with E-state index >= 15 is 0 Å². The minimum absolute atomic E-state index is 0.0654. The molecule has 2 rings (SSSR count). The quantitative estimate of drug-likeness (QED) is 0.766. The summed E-state index contributed by atoms with van der Waals surface area (Å²) in [5.74, 6) is 0.932. The largest absolute Gasteiger partial charge is 0.356 e. The summed E-state index contributed by atoms with van der Waals surface area (Å²) in [5.41, 5.74) is 6.44. The zero-order chi connectivity index (χ0) is 11.8. The van der Waals surface area contributed by atoms with Gasteiger partial charge in [0.2, 0.25) is 5.91 Å². The third kappa shape index (κ3) is 2.57. The summed E-state index contributed by atoms with van der Waals surface area (Å²) in [4.78, 5) is 12.0. The molecule has 3 atom stereocenters. The fraction of sp³-hybridized carbons (Fsp3) is 0.923. The van der Waals surface area contributed by atoms with Crippen molar-refractivity contribution < 1.29 is 4.79 Å². The molecule has 3 unspecified atom stereocenters. The average molecular weight is 224 g/mol. The minimum atomic E-state index is 0.0654. The Kier molecular flexibility index (Phi) is 3.24. The molecule has 2 aliphatic rings. The maximum atomic E-state index is 12.0. The van der Waals surface area contributed by atoms with Crippen molar-refractivity contribution in [1.82, 2.24) is 5.32 Å². The molecule has 0 aromatic rings. The number of nitrogens with one attached hydrogen (secondary N) is 1. The summed E-state index contributed by atoms with van der Waals surface area (Å²) >= 11 is 0. The van der Waals surface area contributed by atoms with Gasteiger partial charge in [-0.1, -0.05) is 26.7 Å². The first-order valence-electron chi connectivity index (χ1n) is 6.54. The number of carbonyl (C=O) groups is 1. The van der Waals surface area contributed by atoms with Gasteiger partial charge in [0.1, 0.15) is 0 Å². The van der Waals surface area contributed by atoms with Crippen LogP contribution in [0.25, 0.3) is 0 Å². The van der Waals surface area contributed by atoms with E-state index < -0.39 is 0 Å². The second kappa shape index (κ2) is 4.36. The van der Waals surface area contributed by atoms with Crippen LogP contribution in [0.2, 0.25) is 0 Å². The molecular weight excluding hydrogens is 200 g/mol. The lowest BCUT2D eigenvalue weighted by molar-refractivity contribution is -0.126. The summed E-state index contributed by atoms with van der Waals surface area (Å²) < 4.78 is 0. The molecule has 0 aliphatic heterocycles. The van der Waals surface area contributed by atoms with Crippen LogP contribution in [-0.2, 0) is 4.79 Å². The van der Waals surface area contributed by atoms with Crippen LogP contribution >= 0.6 is 0 Å². The summed E-state index contributed by atoms with van der Waals surface area (Å²) in [7, 11) is 0. The number of rotatable bonds is 3. The standard InChI is InChI=1S/C13H24N2O/c1-13(2)7-9(13)8-15-12(16)10-5-3-4-6-11(10)14/h9-11H,3-8,14H2,1-2H3,(H,15,16). The third-order valence-electron chi connectivity index (χ3n) is 4.40. The number of nitrogens with two attached hydrogens (primary N) is 1. The summed E-state index contributed by atoms with van der Waals surface area (Å²) in [6.07, 6.45) is 5.55. The molecule has 3 heteroatoms. The van der Waals surface area contributed by atoms with Crippen LogP contribution < -0.4 is 11.1 Å². The van der Waals surface area contributed by atoms with Gasteiger partial charge < -0.3 is 11.1 Å². The highest BCUT2D eigenvalue weighted by molar-refractivity contribution is 5.79. The van der Waals surface area contributed by atoms with Gasteiger partial charge >= 0.3 is 0 Å². The van der Waals surface area contributed by atoms with Gasteiger partial charge in [-0.25, -0.2) is 0 Å². The molecule has 0 saturated heterocycles. The smallest absolute Gasteiger partial charge is 0.224 e. The van der Waals surface area contributed by atoms with Gasteiger partial charge in [-0.2, -0.15) is 0 Å². The minimum Gasteiger partial charge on any atom is -0.356 e. The van der Waals surface area contributed by atoms with Gasteiger partial charge in [-0.05, 0) is 30.6 Å². The zero-order valence-corrected chi connectivity index (χ0v) is 10.5. The normalized spacial score (nSPS) is 36.8. The second-order valence-electron chi connectivity index (χ2n) is 6.19. The molecule has 0 radical (unpaired) electrons. The van der Waals surface area contributed by atoms with E-state index in [0.717, 1.165) is 25.8 Å². The highest BCUT2D eigenvalue weighted by Crippen LogP contribution is 2.51. The van der Waals surface area contributed by atoms with Crippen LogP contribution in [0.5, 0.6) is 0 Å². The number of hydrogen-bond donors (Lipinski definition) is 2. The van der Waals surface area contributed by atoms with Crippen molar-refractivity contribution in [2.45, 2.75) is 52.0 Å². The average Bonchev–Trinajstić information content (AvgIpc) is 2.84. The van der Waals surface area contributed by atoms with Gasteiger partial charge in [0.15, 0.2) is 0 Å². The van der Waals surface area contributed by atoms with E-state index in [4.69, 9.17) is 5.73 Å². The fourth-order valence-corrected chi connectivity index (χ4v) is 2.76. The summed E-state index contributed by atoms with van der Waals surface area (Å²) in [6, 6.07) is 0.0842. The maximum absolute atomic E-state index is 12.0. The summed E-state index contributed by atoms with van der Waals surface area (Å²) in [6.45, 7) is 5.36. The van der Waals surface area contributed by atoms with Crippen molar-refractivity contribution in [3.8, 4) is 0 Å². The zero-order valence-electron chi connectivity index (χ0n) is 10.5. The Hall–Kier alpha value is -0.570. The van der Waals surface area contributed by atoms with Crippen molar-refractivity contribution in [2.24, 2.45) is 23.0 Å². The lowest BCUT2D eigenvalue weighted by Gasteiger charge is -2.27. The molecule has 1 amide bonds. The van der Waals surface area contributed by atoms with Gasteiger partial charge in [0.05, 0.1) is 5.92 Å². The SMILES string of the molecule is CC1(C)CC1CNC(=O)C1CCCCC1N. The highest BCUT2D eigenvalue weighted by atomic mass is 16.1. The molecular formula is C13H24N2O. The van der Waals surface area contributed by atoms with Crippen LogP contribution in [0.1, 0.15) is 46.0 Å². The van der Waals surface area contributed by atoms with E-state index in [1.54, 1.807) is 0 Å². The topological polar surface area (TPSA) is 55.1 Å². The third-order valence-corrected chi connectivity index (χ3v) is 4.40. The van der Waals surface area contributed by atoms with E-state index in [1.165, 1.54) is 12.8 Å². The Morgan fingerprint density at radius 2 is 2.00 bits per heavy atom. The van der Waals surface area contributed by atoms with Crippen molar-refractivity contribution in [3.63, 3.8) is 0 Å². The molecule has 2 aliphatic carbocycles. The van der Waals surface area contributed by atoms with Crippen LogP contribution in [0.15, 0.2) is 0 Å². The number of hydrogen-bond acceptors (Lipinski definition) is 2. The predicted octanol–water partition coefficient (Wildman–Crippen LogP) is 1.67. The van der Waals surface area contributed by atoms with E-state index in [2.05, 4.69) is 19.2 Å². The molecule has 92 valence electrons. The molecule has 16 heavy (non-hydrogen) atoms. The molecule has 3 nitrogen and oxygen atoms in total. The van der Waals surface area contributed by atoms with Crippen LogP contribution in [0.4, 0.5) is 0 Å². The van der Waals surface area contributed by atoms with Crippen LogP contribution in [0, 0.1) is 17.3 Å². The first-order valence-corrected chi connectivity index (χ1v) is 6.54. The fourth-order valence-electron chi connectivity index (χ4n) is 2.76. The lowest BCUT2D eigenvalue weighted by Crippen LogP contribution is -2.44. The first-order chi connectivity index (χ1) is 7.50. The van der Waals surface area contributed by atoms with Crippen molar-refractivity contribution in [2.75, 3.05) is 6.54 Å². The number of amides is 1. The van der Waals surface area contributed by atoms with E-state index in [1.807, 2.05) is 0 Å². The van der Waals surface area contributed by atoms with E-state index in [0.29, 0.717) is 11.3 Å². The molecule has 0 bridgehead atoms. The predicted molar refractivity (Wildman–Crippen MR) is 64.8 cm³/mol. The van der Waals surface area contributed by atoms with Crippen molar-refractivity contribution in [3.05, 3.63) is 0 Å². The van der Waals surface area contributed by atoms with E-state index in [9.17, 15) is 4.79 Å². The first kappa shape index (κ1) is 11.9. The number of carbonyl (C=O) groups excluding carboxylic acids is 1. The second-order valence-corrected chi connectivity index (χ2v) is 6.19. The Labute approximate surface area is 98.2 Å². The summed E-state index contributed by atoms with van der Waals surface area (Å²) in [5, 5.41) is 3.08.